The van der Waals surface area contributed by atoms with Crippen molar-refractivity contribution in [2.24, 2.45) is 0 Å². The summed E-state index contributed by atoms with van der Waals surface area (Å²) in [5.74, 6) is 0.517. The van der Waals surface area contributed by atoms with Crippen LogP contribution in [0, 0.1) is 0 Å². The van der Waals surface area contributed by atoms with Gasteiger partial charge in [0.2, 0.25) is 0 Å². The first-order valence-corrected chi connectivity index (χ1v) is 9.45. The van der Waals surface area contributed by atoms with E-state index in [-0.39, 0.29) is 11.8 Å². The Morgan fingerprint density at radius 3 is 3.00 bits per heavy atom. The van der Waals surface area contributed by atoms with Gasteiger partial charge in [0.15, 0.2) is 0 Å². The molecule has 0 fully saturated rings. The Morgan fingerprint density at radius 1 is 1.30 bits per heavy atom. The minimum atomic E-state index is -0.163. The van der Waals surface area contributed by atoms with Gasteiger partial charge in [0, 0.05) is 25.3 Å². The summed E-state index contributed by atoms with van der Waals surface area (Å²) in [5, 5.41) is 7.17. The summed E-state index contributed by atoms with van der Waals surface area (Å²) in [6.07, 6.45) is 3.46. The average molecular weight is 364 g/mol. The minimum Gasteiger partial charge on any atom is -0.371 e. The number of aromatic nitrogens is 4. The number of fused-ring (bicyclic) bond motifs is 2. The lowest BCUT2D eigenvalue weighted by Crippen LogP contribution is -2.30. The monoisotopic (exact) mass is 364 g/mol. The number of carbonyl (C=O) groups is 1. The summed E-state index contributed by atoms with van der Waals surface area (Å²) < 4.78 is 1.69. The summed E-state index contributed by atoms with van der Waals surface area (Å²) >= 11 is 0. The second-order valence-electron chi connectivity index (χ2n) is 7.17. The highest BCUT2D eigenvalue weighted by atomic mass is 16.1. The van der Waals surface area contributed by atoms with Gasteiger partial charge in [-0.1, -0.05) is 32.0 Å². The van der Waals surface area contributed by atoms with Crippen molar-refractivity contribution in [3.63, 3.8) is 0 Å². The van der Waals surface area contributed by atoms with Crippen LogP contribution < -0.4 is 10.2 Å². The maximum absolute atomic E-state index is 12.5. The van der Waals surface area contributed by atoms with Crippen molar-refractivity contribution in [3.8, 4) is 0 Å². The molecule has 1 aromatic carbocycles. The predicted octanol–water partition coefficient (Wildman–Crippen LogP) is 2.43. The van der Waals surface area contributed by atoms with Crippen LogP contribution in [0.3, 0.4) is 0 Å². The molecule has 0 bridgehead atoms. The van der Waals surface area contributed by atoms with Crippen LogP contribution in [0.1, 0.15) is 47.9 Å². The number of carbonyl (C=O) groups excluding carboxylic acids is 1. The van der Waals surface area contributed by atoms with Gasteiger partial charge in [-0.3, -0.25) is 4.79 Å². The van der Waals surface area contributed by atoms with Gasteiger partial charge in [-0.2, -0.15) is 10.1 Å². The van der Waals surface area contributed by atoms with E-state index in [2.05, 4.69) is 63.4 Å². The SMILES string of the molecule is CC(C)c1cc(C(=O)NCCCN2CCc3ccccc32)nc2ncnn12. The highest BCUT2D eigenvalue weighted by Crippen LogP contribution is 2.27. The zero-order chi connectivity index (χ0) is 18.8. The summed E-state index contributed by atoms with van der Waals surface area (Å²) in [5.41, 5.74) is 4.06. The Hall–Kier alpha value is -2.96. The van der Waals surface area contributed by atoms with Crippen LogP contribution in [-0.2, 0) is 6.42 Å². The van der Waals surface area contributed by atoms with Crippen molar-refractivity contribution >= 4 is 17.4 Å². The van der Waals surface area contributed by atoms with Crippen LogP contribution in [0.15, 0.2) is 36.7 Å². The van der Waals surface area contributed by atoms with Crippen LogP contribution in [-0.4, -0.2) is 45.1 Å². The molecule has 0 unspecified atom stereocenters. The minimum absolute atomic E-state index is 0.163. The van der Waals surface area contributed by atoms with Gasteiger partial charge in [-0.05, 0) is 36.5 Å². The molecule has 0 radical (unpaired) electrons. The fourth-order valence-electron chi connectivity index (χ4n) is 3.56. The third-order valence-corrected chi connectivity index (χ3v) is 4.98. The highest BCUT2D eigenvalue weighted by molar-refractivity contribution is 5.92. The lowest BCUT2D eigenvalue weighted by molar-refractivity contribution is 0.0948. The molecule has 2 aromatic heterocycles. The first-order chi connectivity index (χ1) is 13.1. The van der Waals surface area contributed by atoms with E-state index in [1.54, 1.807) is 10.6 Å². The lowest BCUT2D eigenvalue weighted by Gasteiger charge is -2.19. The third-order valence-electron chi connectivity index (χ3n) is 4.98. The van der Waals surface area contributed by atoms with Crippen LogP contribution >= 0.6 is 0 Å². The molecular formula is C20H24N6O. The molecule has 0 saturated carbocycles. The van der Waals surface area contributed by atoms with E-state index in [4.69, 9.17) is 0 Å². The van der Waals surface area contributed by atoms with Crippen LogP contribution in [0.5, 0.6) is 0 Å². The molecule has 140 valence electrons. The zero-order valence-corrected chi connectivity index (χ0v) is 15.7. The van der Waals surface area contributed by atoms with Crippen molar-refractivity contribution < 1.29 is 4.79 Å². The first kappa shape index (κ1) is 17.5. The second kappa shape index (κ2) is 7.34. The van der Waals surface area contributed by atoms with E-state index in [1.807, 2.05) is 0 Å². The van der Waals surface area contributed by atoms with Crippen molar-refractivity contribution in [3.05, 3.63) is 53.6 Å². The summed E-state index contributed by atoms with van der Waals surface area (Å²) in [4.78, 5) is 23.4. The predicted molar refractivity (Wildman–Crippen MR) is 104 cm³/mol. The van der Waals surface area contributed by atoms with E-state index in [0.29, 0.717) is 18.0 Å². The average Bonchev–Trinajstić information content (AvgIpc) is 3.31. The molecule has 7 nitrogen and oxygen atoms in total. The molecule has 7 heteroatoms. The normalized spacial score (nSPS) is 13.4. The summed E-state index contributed by atoms with van der Waals surface area (Å²) in [6.45, 7) is 6.73. The van der Waals surface area contributed by atoms with E-state index >= 15 is 0 Å². The van der Waals surface area contributed by atoms with Crippen molar-refractivity contribution in [1.29, 1.82) is 0 Å². The molecule has 0 saturated heterocycles. The molecule has 27 heavy (non-hydrogen) atoms. The smallest absolute Gasteiger partial charge is 0.270 e. The number of para-hydroxylation sites is 1. The lowest BCUT2D eigenvalue weighted by atomic mass is 10.1. The van der Waals surface area contributed by atoms with E-state index in [0.717, 1.165) is 31.6 Å². The Labute approximate surface area is 158 Å². The Balaban J connectivity index is 1.36. The highest BCUT2D eigenvalue weighted by Gasteiger charge is 2.18. The maximum atomic E-state index is 12.5. The number of amides is 1. The molecular weight excluding hydrogens is 340 g/mol. The fraction of sp³-hybridized carbons (Fsp3) is 0.400. The van der Waals surface area contributed by atoms with Crippen LogP contribution in [0.25, 0.3) is 5.78 Å². The molecule has 0 aliphatic carbocycles. The van der Waals surface area contributed by atoms with Gasteiger partial charge >= 0.3 is 0 Å². The van der Waals surface area contributed by atoms with Crippen LogP contribution in [0.2, 0.25) is 0 Å². The van der Waals surface area contributed by atoms with Crippen molar-refractivity contribution in [2.45, 2.75) is 32.6 Å². The topological polar surface area (TPSA) is 75.4 Å². The van der Waals surface area contributed by atoms with Gasteiger partial charge < -0.3 is 10.2 Å². The largest absolute Gasteiger partial charge is 0.371 e. The quantitative estimate of drug-likeness (QED) is 0.680. The van der Waals surface area contributed by atoms with E-state index in [9.17, 15) is 4.79 Å². The number of benzene rings is 1. The molecule has 1 aliphatic rings. The standard InChI is InChI=1S/C20H24N6O/c1-14(2)18-12-16(24-20-22-13-23-26(18)20)19(27)21-9-5-10-25-11-8-15-6-3-4-7-17(15)25/h3-4,6-7,12-14H,5,8-11H2,1-2H3,(H,21,27). The molecule has 3 heterocycles. The molecule has 1 amide bonds. The Bertz CT molecular complexity index is 964. The van der Waals surface area contributed by atoms with Gasteiger partial charge in [-0.15, -0.1) is 0 Å². The van der Waals surface area contributed by atoms with Gasteiger partial charge in [0.05, 0.1) is 5.69 Å². The molecule has 0 atom stereocenters. The van der Waals surface area contributed by atoms with Gasteiger partial charge in [-0.25, -0.2) is 9.50 Å². The number of hydrogen-bond donors (Lipinski definition) is 1. The zero-order valence-electron chi connectivity index (χ0n) is 15.7. The van der Waals surface area contributed by atoms with E-state index in [1.165, 1.54) is 17.6 Å². The Kier molecular flexibility index (Phi) is 4.75. The number of hydrogen-bond acceptors (Lipinski definition) is 5. The first-order valence-electron chi connectivity index (χ1n) is 9.45. The number of nitrogens with one attached hydrogen (secondary N) is 1. The molecule has 1 N–H and O–H groups in total. The van der Waals surface area contributed by atoms with Gasteiger partial charge in [0.1, 0.15) is 12.0 Å². The second-order valence-corrected chi connectivity index (χ2v) is 7.17. The molecule has 3 aromatic rings. The summed E-state index contributed by atoms with van der Waals surface area (Å²) in [6, 6.07) is 10.3. The van der Waals surface area contributed by atoms with E-state index < -0.39 is 0 Å². The maximum Gasteiger partial charge on any atom is 0.270 e. The molecule has 0 spiro atoms. The van der Waals surface area contributed by atoms with Crippen LogP contribution in [0.4, 0.5) is 5.69 Å². The molecule has 4 rings (SSSR count). The fourth-order valence-corrected chi connectivity index (χ4v) is 3.56. The number of nitrogens with zero attached hydrogens (tertiary/aromatic N) is 5. The number of anilines is 1. The van der Waals surface area contributed by atoms with Crippen molar-refractivity contribution in [1.82, 2.24) is 24.9 Å². The third kappa shape index (κ3) is 3.49. The van der Waals surface area contributed by atoms with Gasteiger partial charge in [0.25, 0.3) is 11.7 Å². The molecule has 1 aliphatic heterocycles. The van der Waals surface area contributed by atoms with Crippen molar-refractivity contribution in [2.75, 3.05) is 24.5 Å². The summed E-state index contributed by atoms with van der Waals surface area (Å²) in [7, 11) is 0. The Morgan fingerprint density at radius 2 is 2.15 bits per heavy atom. The number of rotatable bonds is 6.